The van der Waals surface area contributed by atoms with E-state index in [4.69, 9.17) is 5.11 Å². The number of aromatic nitrogens is 1. The van der Waals surface area contributed by atoms with E-state index in [9.17, 15) is 14.4 Å². The van der Waals surface area contributed by atoms with Crippen LogP contribution in [0.3, 0.4) is 0 Å². The fraction of sp³-hybridized carbons (Fsp3) is 0.500. The summed E-state index contributed by atoms with van der Waals surface area (Å²) in [6, 6.07) is 0. The van der Waals surface area contributed by atoms with Crippen molar-refractivity contribution in [2.75, 3.05) is 25.5 Å². The van der Waals surface area contributed by atoms with Crippen molar-refractivity contribution < 1.29 is 19.5 Å². The number of rotatable bonds is 7. The van der Waals surface area contributed by atoms with E-state index in [1.54, 1.807) is 18.9 Å². The Morgan fingerprint density at radius 2 is 2.05 bits per heavy atom. The Kier molecular flexibility index (Phi) is 5.78. The van der Waals surface area contributed by atoms with Gasteiger partial charge >= 0.3 is 5.97 Å². The average Bonchev–Trinajstić information content (AvgIpc) is 2.67. The number of hydrogen-bond donors (Lipinski definition) is 2. The monoisotopic (exact) mass is 299 g/mol. The quantitative estimate of drug-likeness (QED) is 0.729. The molecule has 0 bridgehead atoms. The van der Waals surface area contributed by atoms with E-state index < -0.39 is 5.97 Å². The van der Waals surface area contributed by atoms with E-state index in [1.165, 1.54) is 6.92 Å². The first-order valence-corrected chi connectivity index (χ1v) is 6.79. The van der Waals surface area contributed by atoms with Gasteiger partial charge in [-0.05, 0) is 14.0 Å². The molecule has 1 heterocycles. The van der Waals surface area contributed by atoms with Crippen molar-refractivity contribution in [3.05, 3.63) is 10.6 Å². The van der Waals surface area contributed by atoms with Gasteiger partial charge in [-0.15, -0.1) is 0 Å². The lowest BCUT2D eigenvalue weighted by Crippen LogP contribution is -2.31. The first-order chi connectivity index (χ1) is 9.29. The average molecular weight is 299 g/mol. The van der Waals surface area contributed by atoms with E-state index in [0.717, 1.165) is 11.3 Å². The Morgan fingerprint density at radius 3 is 2.55 bits per heavy atom. The van der Waals surface area contributed by atoms with Crippen LogP contribution in [0.4, 0.5) is 5.13 Å². The second-order valence-electron chi connectivity index (χ2n) is 4.42. The molecule has 20 heavy (non-hydrogen) atoms. The molecule has 0 unspecified atom stereocenters. The van der Waals surface area contributed by atoms with Crippen molar-refractivity contribution in [1.29, 1.82) is 0 Å². The SMILES string of the molecule is CC(=O)c1sc(NC(=O)CN(C)CCC(=O)O)nc1C. The van der Waals surface area contributed by atoms with Crippen LogP contribution in [0.5, 0.6) is 0 Å². The van der Waals surface area contributed by atoms with Crippen molar-refractivity contribution in [2.24, 2.45) is 0 Å². The summed E-state index contributed by atoms with van der Waals surface area (Å²) in [7, 11) is 1.66. The smallest absolute Gasteiger partial charge is 0.304 e. The van der Waals surface area contributed by atoms with Crippen LogP contribution in [-0.4, -0.2) is 52.8 Å². The number of amides is 1. The van der Waals surface area contributed by atoms with Crippen molar-refractivity contribution in [3.8, 4) is 0 Å². The lowest BCUT2D eigenvalue weighted by atomic mass is 10.3. The molecule has 0 atom stereocenters. The minimum atomic E-state index is -0.904. The normalized spacial score (nSPS) is 10.6. The third-order valence-electron chi connectivity index (χ3n) is 2.48. The molecule has 0 radical (unpaired) electrons. The van der Waals surface area contributed by atoms with Gasteiger partial charge in [0.15, 0.2) is 10.9 Å². The highest BCUT2D eigenvalue weighted by molar-refractivity contribution is 7.17. The molecule has 0 saturated carbocycles. The molecule has 0 fully saturated rings. The summed E-state index contributed by atoms with van der Waals surface area (Å²) in [4.78, 5) is 39.7. The summed E-state index contributed by atoms with van der Waals surface area (Å²) in [6.07, 6.45) is -0.0192. The van der Waals surface area contributed by atoms with Crippen LogP contribution in [0.2, 0.25) is 0 Å². The number of carboxylic acid groups (broad SMARTS) is 1. The second-order valence-corrected chi connectivity index (χ2v) is 5.42. The molecule has 0 aliphatic heterocycles. The maximum absolute atomic E-state index is 11.7. The Hall–Kier alpha value is -1.80. The molecule has 0 aromatic carbocycles. The molecular formula is C12H17N3O4S. The van der Waals surface area contributed by atoms with Gasteiger partial charge in [0.05, 0.1) is 23.5 Å². The number of nitrogens with zero attached hydrogens (tertiary/aromatic N) is 2. The number of aryl methyl sites for hydroxylation is 1. The molecule has 1 aromatic heterocycles. The van der Waals surface area contributed by atoms with Crippen molar-refractivity contribution in [2.45, 2.75) is 20.3 Å². The molecule has 1 amide bonds. The number of anilines is 1. The van der Waals surface area contributed by atoms with Crippen LogP contribution in [-0.2, 0) is 9.59 Å². The molecule has 8 heteroatoms. The summed E-state index contributed by atoms with van der Waals surface area (Å²) in [5.74, 6) is -1.28. The molecule has 0 saturated heterocycles. The molecule has 1 rings (SSSR count). The number of likely N-dealkylation sites (N-methyl/N-ethyl adjacent to an activating group) is 1. The van der Waals surface area contributed by atoms with Crippen LogP contribution < -0.4 is 5.32 Å². The standard InChI is InChI=1S/C12H17N3O4S/c1-7-11(8(2)16)20-12(13-7)14-9(17)6-15(3)5-4-10(18)19/h4-6H2,1-3H3,(H,18,19)(H,13,14,17). The summed E-state index contributed by atoms with van der Waals surface area (Å²) in [6.45, 7) is 3.52. The maximum Gasteiger partial charge on any atom is 0.304 e. The Balaban J connectivity index is 2.52. The fourth-order valence-corrected chi connectivity index (χ4v) is 2.42. The highest BCUT2D eigenvalue weighted by atomic mass is 32.1. The molecule has 7 nitrogen and oxygen atoms in total. The van der Waals surface area contributed by atoms with Gasteiger partial charge in [0, 0.05) is 13.5 Å². The first-order valence-electron chi connectivity index (χ1n) is 5.98. The van der Waals surface area contributed by atoms with Gasteiger partial charge in [0.1, 0.15) is 0 Å². The van der Waals surface area contributed by atoms with Gasteiger partial charge in [-0.2, -0.15) is 0 Å². The van der Waals surface area contributed by atoms with Gasteiger partial charge in [0.25, 0.3) is 0 Å². The van der Waals surface area contributed by atoms with Gasteiger partial charge in [-0.3, -0.25) is 19.3 Å². The topological polar surface area (TPSA) is 99.6 Å². The number of carboxylic acids is 1. The highest BCUT2D eigenvalue weighted by Gasteiger charge is 2.14. The van der Waals surface area contributed by atoms with Crippen LogP contribution in [0.15, 0.2) is 0 Å². The minimum absolute atomic E-state index is 0.0192. The zero-order valence-corrected chi connectivity index (χ0v) is 12.4. The van der Waals surface area contributed by atoms with E-state index in [1.807, 2.05) is 0 Å². The fourth-order valence-electron chi connectivity index (χ4n) is 1.55. The molecule has 0 aliphatic carbocycles. The molecule has 2 N–H and O–H groups in total. The Labute approximate surface area is 120 Å². The van der Waals surface area contributed by atoms with Crippen LogP contribution in [0.1, 0.15) is 28.7 Å². The predicted molar refractivity (Wildman–Crippen MR) is 75.2 cm³/mol. The van der Waals surface area contributed by atoms with Crippen LogP contribution in [0.25, 0.3) is 0 Å². The van der Waals surface area contributed by atoms with Gasteiger partial charge in [0.2, 0.25) is 5.91 Å². The lowest BCUT2D eigenvalue weighted by Gasteiger charge is -2.13. The summed E-state index contributed by atoms with van der Waals surface area (Å²) in [5.41, 5.74) is 0.594. The zero-order valence-electron chi connectivity index (χ0n) is 11.6. The second kappa shape index (κ2) is 7.11. The third-order valence-corrected chi connectivity index (χ3v) is 3.66. The largest absolute Gasteiger partial charge is 0.481 e. The number of aliphatic carboxylic acids is 1. The highest BCUT2D eigenvalue weighted by Crippen LogP contribution is 2.22. The molecule has 110 valence electrons. The summed E-state index contributed by atoms with van der Waals surface area (Å²) in [5, 5.41) is 11.5. The van der Waals surface area contributed by atoms with Crippen LogP contribution in [0, 0.1) is 6.92 Å². The van der Waals surface area contributed by atoms with E-state index in [0.29, 0.717) is 22.2 Å². The number of carbonyl (C=O) groups excluding carboxylic acids is 2. The number of thiazole rings is 1. The molecule has 0 spiro atoms. The third kappa shape index (κ3) is 5.06. The molecular weight excluding hydrogens is 282 g/mol. The van der Waals surface area contributed by atoms with Crippen molar-refractivity contribution >= 4 is 34.1 Å². The predicted octanol–water partition coefficient (Wildman–Crippen LogP) is 0.999. The molecule has 0 aliphatic rings. The maximum atomic E-state index is 11.7. The number of Topliss-reactive ketones (excluding diaryl/α,β-unsaturated/α-hetero) is 1. The first kappa shape index (κ1) is 16.3. The zero-order chi connectivity index (χ0) is 15.3. The van der Waals surface area contributed by atoms with Gasteiger partial charge < -0.3 is 10.4 Å². The van der Waals surface area contributed by atoms with Gasteiger partial charge in [-0.25, -0.2) is 4.98 Å². The van der Waals surface area contributed by atoms with Crippen LogP contribution >= 0.6 is 11.3 Å². The summed E-state index contributed by atoms with van der Waals surface area (Å²) < 4.78 is 0. The van der Waals surface area contributed by atoms with Crippen molar-refractivity contribution in [1.82, 2.24) is 9.88 Å². The number of ketones is 1. The summed E-state index contributed by atoms with van der Waals surface area (Å²) >= 11 is 1.14. The number of nitrogens with one attached hydrogen (secondary N) is 1. The lowest BCUT2D eigenvalue weighted by molar-refractivity contribution is -0.137. The number of carbonyl (C=O) groups is 3. The Bertz CT molecular complexity index is 527. The Morgan fingerprint density at radius 1 is 1.40 bits per heavy atom. The van der Waals surface area contributed by atoms with E-state index >= 15 is 0 Å². The van der Waals surface area contributed by atoms with E-state index in [-0.39, 0.29) is 24.7 Å². The minimum Gasteiger partial charge on any atom is -0.481 e. The molecule has 1 aromatic rings. The van der Waals surface area contributed by atoms with E-state index in [2.05, 4.69) is 10.3 Å². The van der Waals surface area contributed by atoms with Crippen molar-refractivity contribution in [3.63, 3.8) is 0 Å². The van der Waals surface area contributed by atoms with Gasteiger partial charge in [-0.1, -0.05) is 11.3 Å². The number of hydrogen-bond acceptors (Lipinski definition) is 6.